The number of hydrogen-bond acceptors (Lipinski definition) is 1. The molecule has 0 bridgehead atoms. The van der Waals surface area contributed by atoms with Crippen LogP contribution in [0.25, 0.3) is 0 Å². The number of nitrogens with two attached hydrogens (primary N) is 1. The first-order chi connectivity index (χ1) is 5.63. The van der Waals surface area contributed by atoms with Gasteiger partial charge in [0.1, 0.15) is 0 Å². The van der Waals surface area contributed by atoms with E-state index in [4.69, 9.17) is 0 Å². The van der Waals surface area contributed by atoms with Crippen molar-refractivity contribution in [2.75, 3.05) is 7.05 Å². The first-order valence-electron chi connectivity index (χ1n) is 5.20. The maximum atomic E-state index is 4.50. The second kappa shape index (κ2) is 5.58. The molecule has 1 nitrogen and oxygen atoms in total. The quantitative estimate of drug-likeness (QED) is 0.596. The van der Waals surface area contributed by atoms with Crippen molar-refractivity contribution >= 4 is 0 Å². The van der Waals surface area contributed by atoms with Crippen molar-refractivity contribution in [2.45, 2.75) is 40.5 Å². The van der Waals surface area contributed by atoms with Crippen LogP contribution in [0.15, 0.2) is 0 Å². The van der Waals surface area contributed by atoms with Gasteiger partial charge < -0.3 is 5.73 Å². The van der Waals surface area contributed by atoms with E-state index in [0.29, 0.717) is 0 Å². The van der Waals surface area contributed by atoms with Crippen LogP contribution in [0.2, 0.25) is 0 Å². The van der Waals surface area contributed by atoms with E-state index in [1.807, 2.05) is 0 Å². The van der Waals surface area contributed by atoms with Crippen molar-refractivity contribution in [3.63, 3.8) is 0 Å². The lowest BCUT2D eigenvalue weighted by molar-refractivity contribution is 0.137. The predicted octanol–water partition coefficient (Wildman–Crippen LogP) is 2.90. The van der Waals surface area contributed by atoms with Crippen molar-refractivity contribution in [3.05, 3.63) is 0 Å². The van der Waals surface area contributed by atoms with Crippen molar-refractivity contribution in [3.8, 4) is 0 Å². The molecule has 74 valence electrons. The topological polar surface area (TPSA) is 26.0 Å². The lowest BCUT2D eigenvalue weighted by atomic mass is 9.69. The van der Waals surface area contributed by atoms with Crippen molar-refractivity contribution in [2.24, 2.45) is 29.4 Å². The minimum atomic E-state index is 0.948. The molecule has 1 aliphatic rings. The van der Waals surface area contributed by atoms with E-state index in [-0.39, 0.29) is 0 Å². The zero-order chi connectivity index (χ0) is 9.72. The summed E-state index contributed by atoms with van der Waals surface area (Å²) in [5, 5.41) is 0. The molecule has 0 heterocycles. The van der Waals surface area contributed by atoms with Crippen LogP contribution in [-0.2, 0) is 0 Å². The zero-order valence-electron chi connectivity index (χ0n) is 9.30. The fourth-order valence-corrected chi connectivity index (χ4v) is 2.09. The van der Waals surface area contributed by atoms with Gasteiger partial charge in [0.15, 0.2) is 0 Å². The highest BCUT2D eigenvalue weighted by atomic mass is 14.4. The molecule has 0 aliphatic heterocycles. The average Bonchev–Trinajstić information content (AvgIpc) is 2.12. The molecule has 0 aromatic carbocycles. The molecule has 4 atom stereocenters. The monoisotopic (exact) mass is 171 g/mol. The summed E-state index contributed by atoms with van der Waals surface area (Å²) in [5.74, 6) is 3.82. The standard InChI is InChI=1S/C10H20.CH5N/c1-7-5-6-8(2)10(4)9(7)3;1-2/h7-10H,5-6H2,1-4H3;2H2,1H3. The van der Waals surface area contributed by atoms with Crippen LogP contribution in [0, 0.1) is 23.7 Å². The normalized spacial score (nSPS) is 41.5. The molecule has 0 spiro atoms. The van der Waals surface area contributed by atoms with Crippen LogP contribution in [0.1, 0.15) is 40.5 Å². The van der Waals surface area contributed by atoms with Crippen LogP contribution in [-0.4, -0.2) is 7.05 Å². The molecule has 12 heavy (non-hydrogen) atoms. The molecule has 0 saturated heterocycles. The van der Waals surface area contributed by atoms with Gasteiger partial charge in [0.05, 0.1) is 0 Å². The van der Waals surface area contributed by atoms with E-state index in [9.17, 15) is 0 Å². The van der Waals surface area contributed by atoms with Crippen LogP contribution < -0.4 is 5.73 Å². The summed E-state index contributed by atoms with van der Waals surface area (Å²) in [4.78, 5) is 0. The van der Waals surface area contributed by atoms with Crippen LogP contribution in [0.3, 0.4) is 0 Å². The van der Waals surface area contributed by atoms with Gasteiger partial charge in [-0.2, -0.15) is 0 Å². The van der Waals surface area contributed by atoms with Gasteiger partial charge in [0.25, 0.3) is 0 Å². The third-order valence-electron chi connectivity index (χ3n) is 3.70. The molecule has 1 rings (SSSR count). The summed E-state index contributed by atoms with van der Waals surface area (Å²) in [6.45, 7) is 9.61. The van der Waals surface area contributed by atoms with Gasteiger partial charge in [0.2, 0.25) is 0 Å². The summed E-state index contributed by atoms with van der Waals surface area (Å²) in [7, 11) is 1.50. The lowest BCUT2D eigenvalue weighted by Crippen LogP contribution is -2.27. The van der Waals surface area contributed by atoms with E-state index in [1.54, 1.807) is 0 Å². The second-order valence-corrected chi connectivity index (χ2v) is 4.25. The molecule has 1 heteroatoms. The Labute approximate surface area is 77.7 Å². The second-order valence-electron chi connectivity index (χ2n) is 4.25. The summed E-state index contributed by atoms with van der Waals surface area (Å²) in [6.07, 6.45) is 2.90. The van der Waals surface area contributed by atoms with Gasteiger partial charge in [-0.25, -0.2) is 0 Å². The lowest BCUT2D eigenvalue weighted by Gasteiger charge is -2.36. The minimum absolute atomic E-state index is 0.948. The van der Waals surface area contributed by atoms with Gasteiger partial charge >= 0.3 is 0 Å². The number of rotatable bonds is 0. The Kier molecular flexibility index (Phi) is 5.56. The Bertz CT molecular complexity index is 97.6. The Morgan fingerprint density at radius 2 is 1.00 bits per heavy atom. The molecule has 0 aromatic rings. The van der Waals surface area contributed by atoms with Gasteiger partial charge in [-0.15, -0.1) is 0 Å². The van der Waals surface area contributed by atoms with Crippen molar-refractivity contribution in [1.82, 2.24) is 0 Å². The van der Waals surface area contributed by atoms with E-state index in [1.165, 1.54) is 19.9 Å². The summed E-state index contributed by atoms with van der Waals surface area (Å²) in [5.41, 5.74) is 4.50. The van der Waals surface area contributed by atoms with Crippen LogP contribution >= 0.6 is 0 Å². The molecule has 1 saturated carbocycles. The minimum Gasteiger partial charge on any atom is -0.333 e. The maximum absolute atomic E-state index is 4.50. The zero-order valence-corrected chi connectivity index (χ0v) is 9.30. The molecule has 4 unspecified atom stereocenters. The highest BCUT2D eigenvalue weighted by Crippen LogP contribution is 2.37. The van der Waals surface area contributed by atoms with Crippen LogP contribution in [0.5, 0.6) is 0 Å². The van der Waals surface area contributed by atoms with Crippen molar-refractivity contribution < 1.29 is 0 Å². The molecule has 0 aromatic heterocycles. The highest BCUT2D eigenvalue weighted by molar-refractivity contribution is 4.78. The van der Waals surface area contributed by atoms with E-state index < -0.39 is 0 Å². The summed E-state index contributed by atoms with van der Waals surface area (Å²) in [6, 6.07) is 0. The molecular formula is C11H25N. The largest absolute Gasteiger partial charge is 0.333 e. The molecular weight excluding hydrogens is 146 g/mol. The molecule has 0 radical (unpaired) electrons. The molecule has 1 aliphatic carbocycles. The Balaban J connectivity index is 0.000000561. The third-order valence-corrected chi connectivity index (χ3v) is 3.70. The summed E-state index contributed by atoms with van der Waals surface area (Å²) >= 11 is 0. The van der Waals surface area contributed by atoms with Gasteiger partial charge in [-0.1, -0.05) is 40.5 Å². The van der Waals surface area contributed by atoms with Crippen LogP contribution in [0.4, 0.5) is 0 Å². The summed E-state index contributed by atoms with van der Waals surface area (Å²) < 4.78 is 0. The fraction of sp³-hybridized carbons (Fsp3) is 1.00. The molecule has 2 N–H and O–H groups in total. The Morgan fingerprint density at radius 1 is 0.750 bits per heavy atom. The predicted molar refractivity (Wildman–Crippen MR) is 56.0 cm³/mol. The smallest absolute Gasteiger partial charge is 0.0195 e. The first-order valence-corrected chi connectivity index (χ1v) is 5.20. The fourth-order valence-electron chi connectivity index (χ4n) is 2.09. The molecule has 1 fully saturated rings. The van der Waals surface area contributed by atoms with E-state index in [2.05, 4.69) is 33.4 Å². The highest BCUT2D eigenvalue weighted by Gasteiger charge is 2.28. The van der Waals surface area contributed by atoms with Gasteiger partial charge in [0, 0.05) is 0 Å². The van der Waals surface area contributed by atoms with E-state index >= 15 is 0 Å². The number of hydrogen-bond donors (Lipinski definition) is 1. The molecule has 0 amide bonds. The van der Waals surface area contributed by atoms with Crippen molar-refractivity contribution in [1.29, 1.82) is 0 Å². The third kappa shape index (κ3) is 2.78. The van der Waals surface area contributed by atoms with Gasteiger partial charge in [-0.05, 0) is 30.7 Å². The Morgan fingerprint density at radius 3 is 1.25 bits per heavy atom. The average molecular weight is 171 g/mol. The SMILES string of the molecule is CC1CCC(C)C(C)C1C.CN. The maximum Gasteiger partial charge on any atom is -0.0195 e. The van der Waals surface area contributed by atoms with E-state index in [0.717, 1.165) is 23.7 Å². The first kappa shape index (κ1) is 12.0. The Hall–Kier alpha value is -0.0400. The van der Waals surface area contributed by atoms with Gasteiger partial charge in [-0.3, -0.25) is 0 Å².